The molecule has 0 fully saturated rings. The van der Waals surface area contributed by atoms with Gasteiger partial charge in [-0.05, 0) is 6.92 Å². The molecule has 0 rings (SSSR count). The second-order valence-corrected chi connectivity index (χ2v) is 2.44. The summed E-state index contributed by atoms with van der Waals surface area (Å²) in [6, 6.07) is 0. The summed E-state index contributed by atoms with van der Waals surface area (Å²) in [7, 11) is 0. The lowest BCUT2D eigenvalue weighted by Gasteiger charge is -2.05. The number of rotatable bonds is 5. The Labute approximate surface area is 67.5 Å². The van der Waals surface area contributed by atoms with Gasteiger partial charge in [0, 0.05) is 17.8 Å². The van der Waals surface area contributed by atoms with Gasteiger partial charge >= 0.3 is 5.97 Å². The van der Waals surface area contributed by atoms with Crippen LogP contribution in [0.3, 0.4) is 0 Å². The average Bonchev–Trinajstić information content (AvgIpc) is 1.87. The van der Waals surface area contributed by atoms with Gasteiger partial charge in [-0.25, -0.2) is 4.72 Å². The molecule has 0 heterocycles. The van der Waals surface area contributed by atoms with Gasteiger partial charge < -0.3 is 9.29 Å². The fourth-order valence-electron chi connectivity index (χ4n) is 0.470. The fourth-order valence-corrected chi connectivity index (χ4v) is 0.738. The van der Waals surface area contributed by atoms with Gasteiger partial charge in [0.25, 0.3) is 0 Å². The lowest BCUT2D eigenvalue weighted by molar-refractivity contribution is -0.142. The predicted octanol–water partition coefficient (Wildman–Crippen LogP) is -0.677. The van der Waals surface area contributed by atoms with E-state index in [-0.39, 0.29) is 13.0 Å². The Morgan fingerprint density at radius 1 is 1.73 bits per heavy atom. The highest BCUT2D eigenvalue weighted by molar-refractivity contribution is 7.77. The lowest BCUT2D eigenvalue weighted by Crippen LogP contribution is -2.21. The lowest BCUT2D eigenvalue weighted by atomic mass is 10.4. The van der Waals surface area contributed by atoms with Crippen molar-refractivity contribution in [3.63, 3.8) is 0 Å². The monoisotopic (exact) mass is 180 g/mol. The summed E-state index contributed by atoms with van der Waals surface area (Å²) in [6.45, 7) is 2.10. The molecule has 1 N–H and O–H groups in total. The number of hydrogen-bond acceptors (Lipinski definition) is 4. The van der Waals surface area contributed by atoms with Crippen LogP contribution in [0.1, 0.15) is 13.3 Å². The van der Waals surface area contributed by atoms with Crippen molar-refractivity contribution in [2.75, 3.05) is 13.2 Å². The van der Waals surface area contributed by atoms with Crippen molar-refractivity contribution in [2.24, 2.45) is 0 Å². The molecule has 1 atom stereocenters. The molecule has 66 valence electrons. The minimum Gasteiger partial charge on any atom is -0.760 e. The van der Waals surface area contributed by atoms with Crippen LogP contribution in [-0.2, 0) is 20.8 Å². The molecular formula is C5H10NO4S-. The quantitative estimate of drug-likeness (QED) is 0.449. The van der Waals surface area contributed by atoms with Crippen LogP contribution in [0.25, 0.3) is 0 Å². The Morgan fingerprint density at radius 3 is 2.82 bits per heavy atom. The molecule has 0 radical (unpaired) electrons. The summed E-state index contributed by atoms with van der Waals surface area (Å²) in [4.78, 5) is 10.6. The van der Waals surface area contributed by atoms with Gasteiger partial charge in [-0.15, -0.1) is 0 Å². The number of esters is 1. The first kappa shape index (κ1) is 10.5. The normalized spacial score (nSPS) is 12.5. The smallest absolute Gasteiger partial charge is 0.307 e. The maximum Gasteiger partial charge on any atom is 0.307 e. The molecule has 0 aromatic rings. The van der Waals surface area contributed by atoms with E-state index in [1.807, 2.05) is 0 Å². The molecular weight excluding hydrogens is 170 g/mol. The minimum atomic E-state index is -2.29. The molecule has 0 aliphatic carbocycles. The van der Waals surface area contributed by atoms with Crippen LogP contribution in [0, 0.1) is 0 Å². The molecule has 11 heavy (non-hydrogen) atoms. The first-order valence-corrected chi connectivity index (χ1v) is 4.22. The van der Waals surface area contributed by atoms with Gasteiger partial charge in [0.2, 0.25) is 0 Å². The van der Waals surface area contributed by atoms with Crippen LogP contribution in [0.2, 0.25) is 0 Å². The second kappa shape index (κ2) is 6.26. The molecule has 0 aromatic carbocycles. The number of hydrogen-bond donors (Lipinski definition) is 1. The molecule has 0 saturated heterocycles. The SMILES string of the molecule is CCOC(=O)CCNS(=O)[O-]. The molecule has 0 amide bonds. The molecule has 0 aromatic heterocycles. The Bertz CT molecular complexity index is 149. The molecule has 0 aliphatic heterocycles. The van der Waals surface area contributed by atoms with E-state index in [9.17, 15) is 13.6 Å². The van der Waals surface area contributed by atoms with E-state index < -0.39 is 17.2 Å². The highest BCUT2D eigenvalue weighted by Crippen LogP contribution is 1.83. The molecule has 6 heteroatoms. The minimum absolute atomic E-state index is 0.0713. The third kappa shape index (κ3) is 7.44. The van der Waals surface area contributed by atoms with Gasteiger partial charge in [0.1, 0.15) is 0 Å². The van der Waals surface area contributed by atoms with Crippen molar-refractivity contribution in [1.82, 2.24) is 4.72 Å². The molecule has 5 nitrogen and oxygen atoms in total. The Balaban J connectivity index is 3.24. The van der Waals surface area contributed by atoms with Crippen molar-refractivity contribution in [1.29, 1.82) is 0 Å². The van der Waals surface area contributed by atoms with E-state index in [2.05, 4.69) is 9.46 Å². The highest BCUT2D eigenvalue weighted by Gasteiger charge is 1.98. The number of carbonyl (C=O) groups excluding carboxylic acids is 1. The molecule has 0 aliphatic rings. The zero-order chi connectivity index (χ0) is 8.69. The van der Waals surface area contributed by atoms with Crippen LogP contribution in [0.5, 0.6) is 0 Å². The summed E-state index contributed by atoms with van der Waals surface area (Å²) in [6.07, 6.45) is 0.0713. The predicted molar refractivity (Wildman–Crippen MR) is 38.2 cm³/mol. The maximum atomic E-state index is 10.6. The summed E-state index contributed by atoms with van der Waals surface area (Å²) in [5, 5.41) is 0. The van der Waals surface area contributed by atoms with Crippen LogP contribution >= 0.6 is 0 Å². The molecule has 0 bridgehead atoms. The van der Waals surface area contributed by atoms with E-state index >= 15 is 0 Å². The van der Waals surface area contributed by atoms with Crippen molar-refractivity contribution in [2.45, 2.75) is 13.3 Å². The second-order valence-electron chi connectivity index (χ2n) is 1.68. The first-order valence-electron chi connectivity index (χ1n) is 3.15. The Kier molecular flexibility index (Phi) is 6.00. The zero-order valence-corrected chi connectivity index (χ0v) is 6.98. The van der Waals surface area contributed by atoms with Gasteiger partial charge in [-0.1, -0.05) is 0 Å². The zero-order valence-electron chi connectivity index (χ0n) is 6.16. The third-order valence-electron chi connectivity index (χ3n) is 0.854. The number of nitrogens with one attached hydrogen (secondary N) is 1. The van der Waals surface area contributed by atoms with Crippen molar-refractivity contribution in [3.8, 4) is 0 Å². The number of ether oxygens (including phenoxy) is 1. The highest BCUT2D eigenvalue weighted by atomic mass is 32.2. The maximum absolute atomic E-state index is 10.6. The van der Waals surface area contributed by atoms with Gasteiger partial charge in [-0.2, -0.15) is 0 Å². The Hall–Kier alpha value is -0.460. The van der Waals surface area contributed by atoms with Crippen LogP contribution in [0.4, 0.5) is 0 Å². The van der Waals surface area contributed by atoms with E-state index in [4.69, 9.17) is 0 Å². The van der Waals surface area contributed by atoms with E-state index in [1.165, 1.54) is 0 Å². The van der Waals surface area contributed by atoms with Crippen LogP contribution in [-0.4, -0.2) is 27.9 Å². The first-order chi connectivity index (χ1) is 5.16. The summed E-state index contributed by atoms with van der Waals surface area (Å²) < 4.78 is 26.3. The number of carbonyl (C=O) groups is 1. The van der Waals surface area contributed by atoms with E-state index in [0.717, 1.165) is 0 Å². The van der Waals surface area contributed by atoms with Gasteiger partial charge in [0.05, 0.1) is 13.0 Å². The van der Waals surface area contributed by atoms with E-state index in [1.54, 1.807) is 6.92 Å². The summed E-state index contributed by atoms with van der Waals surface area (Å²) in [5.74, 6) is -0.398. The molecule has 0 spiro atoms. The summed E-state index contributed by atoms with van der Waals surface area (Å²) in [5.41, 5.74) is 0. The van der Waals surface area contributed by atoms with Gasteiger partial charge in [0.15, 0.2) is 0 Å². The van der Waals surface area contributed by atoms with Crippen molar-refractivity contribution < 1.29 is 18.3 Å². The standard InChI is InChI=1S/C5H11NO4S/c1-2-10-5(7)3-4-6-11(8)9/h6H,2-4H2,1H3,(H,8,9)/p-1. The summed E-state index contributed by atoms with van der Waals surface area (Å²) >= 11 is -2.29. The van der Waals surface area contributed by atoms with Crippen LogP contribution < -0.4 is 4.72 Å². The average molecular weight is 180 g/mol. The topological polar surface area (TPSA) is 78.5 Å². The largest absolute Gasteiger partial charge is 0.760 e. The molecule has 0 saturated carbocycles. The fraction of sp³-hybridized carbons (Fsp3) is 0.800. The molecule has 1 unspecified atom stereocenters. The van der Waals surface area contributed by atoms with Crippen molar-refractivity contribution in [3.05, 3.63) is 0 Å². The van der Waals surface area contributed by atoms with Crippen molar-refractivity contribution >= 4 is 17.2 Å². The Morgan fingerprint density at radius 2 is 2.36 bits per heavy atom. The van der Waals surface area contributed by atoms with Crippen LogP contribution in [0.15, 0.2) is 0 Å². The van der Waals surface area contributed by atoms with E-state index in [0.29, 0.717) is 6.61 Å². The third-order valence-corrected chi connectivity index (χ3v) is 1.29. The van der Waals surface area contributed by atoms with Gasteiger partial charge in [-0.3, -0.25) is 9.00 Å².